The molecule has 0 aromatic heterocycles. The molecule has 1 N–H and O–H groups in total. The number of fused-ring (bicyclic) bond motifs is 1. The molecule has 0 fully saturated rings. The van der Waals surface area contributed by atoms with Crippen LogP contribution in [0.25, 0.3) is 0 Å². The Morgan fingerprint density at radius 2 is 2.31 bits per heavy atom. The van der Waals surface area contributed by atoms with E-state index in [-0.39, 0.29) is 11.7 Å². The van der Waals surface area contributed by atoms with E-state index in [1.165, 1.54) is 6.08 Å². The number of nitrogens with zero attached hydrogens (tertiary/aromatic N) is 1. The Kier molecular flexibility index (Phi) is 1.92. The van der Waals surface area contributed by atoms with Gasteiger partial charge in [0, 0.05) is 10.4 Å². The van der Waals surface area contributed by atoms with Crippen LogP contribution in [0.5, 0.6) is 0 Å². The number of aliphatic imine (C=N–C) groups is 1. The molecule has 0 saturated heterocycles. The fraction of sp³-hybridized carbons (Fsp3) is 0.111. The molecular formula is C9H6BrNO2. The summed E-state index contributed by atoms with van der Waals surface area (Å²) >= 11 is 3.28. The number of halogens is 1. The van der Waals surface area contributed by atoms with E-state index in [0.29, 0.717) is 5.71 Å². The molecule has 0 aromatic rings. The number of allylic oxidation sites excluding steroid dienone is 5. The largest absolute Gasteiger partial charge is 0.503 e. The lowest BCUT2D eigenvalue weighted by Gasteiger charge is -2.16. The molecule has 3 nitrogen and oxygen atoms in total. The first kappa shape index (κ1) is 8.44. The molecule has 0 saturated carbocycles. The highest BCUT2D eigenvalue weighted by Crippen LogP contribution is 2.23. The van der Waals surface area contributed by atoms with Crippen LogP contribution in [-0.2, 0) is 4.79 Å². The number of rotatable bonds is 0. The summed E-state index contributed by atoms with van der Waals surface area (Å²) in [6.07, 6.45) is 7.00. The zero-order chi connectivity index (χ0) is 9.42. The maximum absolute atomic E-state index is 11.0. The summed E-state index contributed by atoms with van der Waals surface area (Å²) in [6.45, 7) is 0. The number of carbonyl (C=O) groups excluding carboxylic acids is 1. The van der Waals surface area contributed by atoms with Gasteiger partial charge in [0.15, 0.2) is 5.76 Å². The van der Waals surface area contributed by atoms with E-state index in [9.17, 15) is 4.79 Å². The van der Waals surface area contributed by atoms with Gasteiger partial charge in [-0.25, -0.2) is 4.99 Å². The van der Waals surface area contributed by atoms with Gasteiger partial charge >= 0.3 is 5.91 Å². The second-order valence-electron chi connectivity index (χ2n) is 2.81. The Morgan fingerprint density at radius 1 is 1.54 bits per heavy atom. The van der Waals surface area contributed by atoms with Crippen LogP contribution in [0.2, 0.25) is 0 Å². The van der Waals surface area contributed by atoms with Gasteiger partial charge in [0.25, 0.3) is 0 Å². The zero-order valence-electron chi connectivity index (χ0n) is 6.57. The third kappa shape index (κ3) is 1.49. The van der Waals surface area contributed by atoms with Gasteiger partial charge in [-0.2, -0.15) is 0 Å². The van der Waals surface area contributed by atoms with E-state index < -0.39 is 5.91 Å². The minimum Gasteiger partial charge on any atom is -0.503 e. The van der Waals surface area contributed by atoms with E-state index in [2.05, 4.69) is 20.9 Å². The third-order valence-corrected chi connectivity index (χ3v) is 2.37. The molecule has 0 bridgehead atoms. The molecule has 1 atom stereocenters. The fourth-order valence-corrected chi connectivity index (χ4v) is 1.63. The second kappa shape index (κ2) is 2.96. The van der Waals surface area contributed by atoms with Crippen molar-refractivity contribution >= 4 is 27.5 Å². The molecule has 0 radical (unpaired) electrons. The van der Waals surface area contributed by atoms with Crippen molar-refractivity contribution in [3.8, 4) is 0 Å². The van der Waals surface area contributed by atoms with E-state index in [1.807, 2.05) is 12.2 Å². The SMILES string of the molecule is O=C1N=C2C=C(Br)C=CC2C=C1O. The van der Waals surface area contributed by atoms with Gasteiger partial charge in [0.2, 0.25) is 0 Å². The first-order chi connectivity index (χ1) is 6.16. The van der Waals surface area contributed by atoms with Crippen molar-refractivity contribution in [2.24, 2.45) is 10.9 Å². The van der Waals surface area contributed by atoms with Crippen LogP contribution >= 0.6 is 15.9 Å². The quantitative estimate of drug-likeness (QED) is 0.702. The van der Waals surface area contributed by atoms with Gasteiger partial charge in [-0.15, -0.1) is 0 Å². The monoisotopic (exact) mass is 239 g/mol. The lowest BCUT2D eigenvalue weighted by Crippen LogP contribution is -2.19. The van der Waals surface area contributed by atoms with E-state index in [1.54, 1.807) is 6.08 Å². The number of dihydropyridines is 1. The van der Waals surface area contributed by atoms with E-state index in [0.717, 1.165) is 4.48 Å². The summed E-state index contributed by atoms with van der Waals surface area (Å²) < 4.78 is 0.880. The normalized spacial score (nSPS) is 26.1. The van der Waals surface area contributed by atoms with Crippen LogP contribution in [0.4, 0.5) is 0 Å². The minimum atomic E-state index is -0.571. The predicted octanol–water partition coefficient (Wildman–Crippen LogP) is 1.87. The molecular weight excluding hydrogens is 234 g/mol. The molecule has 1 heterocycles. The molecule has 1 aliphatic carbocycles. The maximum atomic E-state index is 11.0. The number of hydrogen-bond acceptors (Lipinski definition) is 2. The smallest absolute Gasteiger partial charge is 0.311 e. The molecule has 1 amide bonds. The fourth-order valence-electron chi connectivity index (χ4n) is 1.24. The summed E-state index contributed by atoms with van der Waals surface area (Å²) in [5.74, 6) is -0.915. The topological polar surface area (TPSA) is 49.7 Å². The molecule has 1 unspecified atom stereocenters. The number of aliphatic hydroxyl groups excluding tert-OH is 1. The molecule has 0 aromatic carbocycles. The van der Waals surface area contributed by atoms with Crippen molar-refractivity contribution in [2.45, 2.75) is 0 Å². The number of hydrogen-bond donors (Lipinski definition) is 1. The highest BCUT2D eigenvalue weighted by atomic mass is 79.9. The summed E-state index contributed by atoms with van der Waals surface area (Å²) in [6, 6.07) is 0. The van der Waals surface area contributed by atoms with Gasteiger partial charge in [0.1, 0.15) is 0 Å². The highest BCUT2D eigenvalue weighted by Gasteiger charge is 2.22. The van der Waals surface area contributed by atoms with Crippen LogP contribution in [0, 0.1) is 5.92 Å². The van der Waals surface area contributed by atoms with Crippen molar-refractivity contribution < 1.29 is 9.90 Å². The van der Waals surface area contributed by atoms with Gasteiger partial charge in [-0.05, 0) is 12.2 Å². The predicted molar refractivity (Wildman–Crippen MR) is 52.8 cm³/mol. The summed E-state index contributed by atoms with van der Waals surface area (Å²) in [7, 11) is 0. The van der Waals surface area contributed by atoms with Crippen LogP contribution < -0.4 is 0 Å². The number of amides is 1. The molecule has 2 rings (SSSR count). The van der Waals surface area contributed by atoms with E-state index in [4.69, 9.17) is 5.11 Å². The lowest BCUT2D eigenvalue weighted by atomic mass is 9.95. The van der Waals surface area contributed by atoms with Gasteiger partial charge in [0.05, 0.1) is 5.71 Å². The Bertz CT molecular complexity index is 390. The molecule has 1 aliphatic heterocycles. The molecule has 4 heteroatoms. The third-order valence-electron chi connectivity index (χ3n) is 1.88. The zero-order valence-corrected chi connectivity index (χ0v) is 8.15. The molecule has 66 valence electrons. The standard InChI is InChI=1S/C9H6BrNO2/c10-6-2-1-5-3-8(12)9(13)11-7(5)4-6/h1-5,12H. The number of aliphatic hydroxyl groups is 1. The summed E-state index contributed by atoms with van der Waals surface area (Å²) in [5.41, 5.74) is 0.664. The van der Waals surface area contributed by atoms with Crippen molar-refractivity contribution in [1.82, 2.24) is 0 Å². The van der Waals surface area contributed by atoms with Crippen LogP contribution in [-0.4, -0.2) is 16.7 Å². The van der Waals surface area contributed by atoms with Crippen molar-refractivity contribution in [3.05, 3.63) is 34.5 Å². The first-order valence-corrected chi connectivity index (χ1v) is 4.55. The van der Waals surface area contributed by atoms with Crippen LogP contribution in [0.15, 0.2) is 39.5 Å². The summed E-state index contributed by atoms with van der Waals surface area (Å²) in [4.78, 5) is 14.7. The van der Waals surface area contributed by atoms with Gasteiger partial charge < -0.3 is 5.11 Å². The van der Waals surface area contributed by atoms with E-state index >= 15 is 0 Å². The minimum absolute atomic E-state index is 0.0704. The molecule has 13 heavy (non-hydrogen) atoms. The molecule has 0 spiro atoms. The van der Waals surface area contributed by atoms with Crippen LogP contribution in [0.3, 0.4) is 0 Å². The average molecular weight is 240 g/mol. The Hall–Kier alpha value is -1.16. The number of carbonyl (C=O) groups is 1. The first-order valence-electron chi connectivity index (χ1n) is 3.76. The van der Waals surface area contributed by atoms with Gasteiger partial charge in [-0.1, -0.05) is 28.1 Å². The van der Waals surface area contributed by atoms with Crippen molar-refractivity contribution in [3.63, 3.8) is 0 Å². The van der Waals surface area contributed by atoms with Gasteiger partial charge in [-0.3, -0.25) is 4.79 Å². The second-order valence-corrected chi connectivity index (χ2v) is 3.72. The molecule has 2 aliphatic rings. The Morgan fingerprint density at radius 3 is 3.08 bits per heavy atom. The summed E-state index contributed by atoms with van der Waals surface area (Å²) in [5, 5.41) is 9.12. The van der Waals surface area contributed by atoms with Crippen molar-refractivity contribution in [1.29, 1.82) is 0 Å². The highest BCUT2D eigenvalue weighted by molar-refractivity contribution is 9.11. The Labute approximate surface area is 83.3 Å². The Balaban J connectivity index is 2.41. The average Bonchev–Trinajstić information content (AvgIpc) is 2.08. The van der Waals surface area contributed by atoms with Crippen molar-refractivity contribution in [2.75, 3.05) is 0 Å². The van der Waals surface area contributed by atoms with Crippen LogP contribution in [0.1, 0.15) is 0 Å². The maximum Gasteiger partial charge on any atom is 0.311 e. The lowest BCUT2D eigenvalue weighted by molar-refractivity contribution is -0.116.